The quantitative estimate of drug-likeness (QED) is 0.558. The number of fused-ring (bicyclic) bond motifs is 1. The van der Waals surface area contributed by atoms with Crippen molar-refractivity contribution in [2.75, 3.05) is 6.54 Å². The topological polar surface area (TPSA) is 41.2 Å². The van der Waals surface area contributed by atoms with Gasteiger partial charge in [0.2, 0.25) is 0 Å². The molecule has 4 rings (SSSR count). The van der Waals surface area contributed by atoms with Crippen LogP contribution in [0.15, 0.2) is 60.7 Å². The van der Waals surface area contributed by atoms with E-state index in [4.69, 9.17) is 4.74 Å². The maximum atomic E-state index is 11.6. The Morgan fingerprint density at radius 1 is 1.00 bits per heavy atom. The van der Waals surface area contributed by atoms with E-state index in [2.05, 4.69) is 54.7 Å². The highest BCUT2D eigenvalue weighted by atomic mass is 16.5. The maximum Gasteiger partial charge on any atom is 0.179 e. The molecule has 0 amide bonds. The lowest BCUT2D eigenvalue weighted by Gasteiger charge is -2.33. The second-order valence-corrected chi connectivity index (χ2v) is 7.76. The monoisotopic (exact) mass is 374 g/mol. The van der Waals surface area contributed by atoms with Gasteiger partial charge in [0.05, 0.1) is 0 Å². The van der Waals surface area contributed by atoms with E-state index >= 15 is 0 Å². The summed E-state index contributed by atoms with van der Waals surface area (Å²) >= 11 is 0. The summed E-state index contributed by atoms with van der Waals surface area (Å²) in [5.41, 5.74) is 2.64. The number of piperidine rings is 1. The lowest BCUT2D eigenvalue weighted by molar-refractivity contribution is 0.108. The van der Waals surface area contributed by atoms with Crippen molar-refractivity contribution in [1.29, 1.82) is 0 Å². The highest BCUT2D eigenvalue weighted by molar-refractivity contribution is 5.84. The summed E-state index contributed by atoms with van der Waals surface area (Å²) in [6.07, 6.45) is 5.76. The van der Waals surface area contributed by atoms with Crippen LogP contribution < -0.4 is 10.1 Å². The first-order valence-electron chi connectivity index (χ1n) is 10.4. The Labute approximate surface area is 167 Å². The van der Waals surface area contributed by atoms with Crippen molar-refractivity contribution >= 4 is 10.8 Å². The molecule has 3 heteroatoms. The van der Waals surface area contributed by atoms with Gasteiger partial charge in [-0.05, 0) is 78.4 Å². The number of aryl methyl sites for hydroxylation is 1. The highest BCUT2D eigenvalue weighted by Gasteiger charge is 2.28. The Morgan fingerprint density at radius 3 is 2.61 bits per heavy atom. The van der Waals surface area contributed by atoms with Crippen LogP contribution in [0.5, 0.6) is 11.5 Å². The Morgan fingerprint density at radius 2 is 1.79 bits per heavy atom. The third-order valence-electron chi connectivity index (χ3n) is 5.67. The predicted molar refractivity (Wildman–Crippen MR) is 114 cm³/mol. The molecule has 0 bridgehead atoms. The minimum absolute atomic E-state index is 0.0357. The standard InChI is InChI=1S/C25H28NO2/c1-2-3-5-18-7-13-23(14-8-18)28-25-24(6-4-15-26-25)21-10-9-20-17-22(27)12-11-19(20)16-21/h7-14,16-17,24-26H,2-6,15H2,1H3. The zero-order valence-electron chi connectivity index (χ0n) is 16.5. The van der Waals surface area contributed by atoms with E-state index in [0.29, 0.717) is 5.92 Å². The molecule has 1 radical (unpaired) electrons. The molecular formula is C25H28NO2. The summed E-state index contributed by atoms with van der Waals surface area (Å²) in [6, 6.07) is 20.2. The molecule has 2 unspecified atom stereocenters. The number of unbranched alkanes of at least 4 members (excludes halogenated alkanes) is 1. The van der Waals surface area contributed by atoms with Crippen LogP contribution >= 0.6 is 0 Å². The van der Waals surface area contributed by atoms with Gasteiger partial charge in [-0.25, -0.2) is 0 Å². The predicted octanol–water partition coefficient (Wildman–Crippen LogP) is 6.20. The molecule has 1 fully saturated rings. The molecule has 0 saturated carbocycles. The summed E-state index contributed by atoms with van der Waals surface area (Å²) < 4.78 is 6.35. The van der Waals surface area contributed by atoms with E-state index in [1.165, 1.54) is 24.0 Å². The van der Waals surface area contributed by atoms with Crippen LogP contribution in [0.2, 0.25) is 0 Å². The number of benzene rings is 3. The van der Waals surface area contributed by atoms with Crippen molar-refractivity contribution in [3.8, 4) is 11.5 Å². The van der Waals surface area contributed by atoms with Gasteiger partial charge < -0.3 is 4.74 Å². The summed E-state index contributed by atoms with van der Waals surface area (Å²) in [6.45, 7) is 3.20. The molecule has 3 nitrogen and oxygen atoms in total. The summed E-state index contributed by atoms with van der Waals surface area (Å²) in [7, 11) is 0. The molecule has 28 heavy (non-hydrogen) atoms. The van der Waals surface area contributed by atoms with Gasteiger partial charge in [-0.2, -0.15) is 0 Å². The summed E-state index contributed by atoms with van der Waals surface area (Å²) in [4.78, 5) is 0. The van der Waals surface area contributed by atoms with Crippen LogP contribution in [0, 0.1) is 0 Å². The average molecular weight is 375 g/mol. The molecule has 0 aromatic heterocycles. The van der Waals surface area contributed by atoms with Crippen molar-refractivity contribution < 1.29 is 9.84 Å². The van der Waals surface area contributed by atoms with Gasteiger partial charge in [-0.1, -0.05) is 49.7 Å². The van der Waals surface area contributed by atoms with Crippen molar-refractivity contribution in [3.63, 3.8) is 0 Å². The van der Waals surface area contributed by atoms with Crippen LogP contribution in [0.25, 0.3) is 10.8 Å². The summed E-state index contributed by atoms with van der Waals surface area (Å²) in [5, 5.41) is 17.2. The number of rotatable bonds is 6. The minimum atomic E-state index is -0.0357. The van der Waals surface area contributed by atoms with Crippen LogP contribution in [-0.4, -0.2) is 12.8 Å². The molecule has 1 aliphatic heterocycles. The molecule has 2 atom stereocenters. The van der Waals surface area contributed by atoms with Gasteiger partial charge >= 0.3 is 0 Å². The fourth-order valence-electron chi connectivity index (χ4n) is 4.06. The molecule has 1 aliphatic rings. The Kier molecular flexibility index (Phi) is 5.82. The SMILES string of the molecule is CCCCc1ccc(OC2NCCCC2c2ccc3cc([O])ccc3c2)cc1. The van der Waals surface area contributed by atoms with Crippen LogP contribution in [0.1, 0.15) is 49.7 Å². The highest BCUT2D eigenvalue weighted by Crippen LogP contribution is 2.32. The van der Waals surface area contributed by atoms with Gasteiger partial charge in [0.1, 0.15) is 5.75 Å². The zero-order chi connectivity index (χ0) is 19.3. The fourth-order valence-corrected chi connectivity index (χ4v) is 4.06. The van der Waals surface area contributed by atoms with Crippen molar-refractivity contribution in [2.45, 2.75) is 51.2 Å². The molecule has 0 spiro atoms. The molecule has 1 saturated heterocycles. The first-order valence-corrected chi connectivity index (χ1v) is 10.4. The van der Waals surface area contributed by atoms with Gasteiger partial charge in [0.25, 0.3) is 0 Å². The largest absolute Gasteiger partial charge is 0.475 e. The molecular weight excluding hydrogens is 346 g/mol. The van der Waals surface area contributed by atoms with Gasteiger partial charge in [0, 0.05) is 5.92 Å². The van der Waals surface area contributed by atoms with E-state index < -0.39 is 0 Å². The van der Waals surface area contributed by atoms with Crippen molar-refractivity contribution in [3.05, 3.63) is 71.8 Å². The van der Waals surface area contributed by atoms with E-state index in [9.17, 15) is 5.11 Å². The number of nitrogens with one attached hydrogen (secondary N) is 1. The average Bonchev–Trinajstić information content (AvgIpc) is 2.73. The van der Waals surface area contributed by atoms with E-state index in [-0.39, 0.29) is 12.0 Å². The van der Waals surface area contributed by atoms with Gasteiger partial charge in [0.15, 0.2) is 12.0 Å². The van der Waals surface area contributed by atoms with E-state index in [1.54, 1.807) is 12.1 Å². The van der Waals surface area contributed by atoms with E-state index in [0.717, 1.165) is 42.3 Å². The second-order valence-electron chi connectivity index (χ2n) is 7.76. The third-order valence-corrected chi connectivity index (χ3v) is 5.67. The molecule has 3 aromatic rings. The van der Waals surface area contributed by atoms with Crippen molar-refractivity contribution in [2.24, 2.45) is 0 Å². The van der Waals surface area contributed by atoms with Gasteiger partial charge in [-0.3, -0.25) is 10.4 Å². The Balaban J connectivity index is 1.52. The Bertz CT molecular complexity index is 919. The maximum absolute atomic E-state index is 11.6. The molecule has 1 heterocycles. The number of hydrogen-bond donors (Lipinski definition) is 1. The minimum Gasteiger partial charge on any atom is -0.475 e. The lowest BCUT2D eigenvalue weighted by atomic mass is 9.88. The fraction of sp³-hybridized carbons (Fsp3) is 0.360. The molecule has 0 aliphatic carbocycles. The lowest BCUT2D eigenvalue weighted by Crippen LogP contribution is -2.44. The molecule has 145 valence electrons. The number of ether oxygens (including phenoxy) is 1. The first kappa shape index (κ1) is 18.8. The number of hydrogen-bond acceptors (Lipinski definition) is 2. The van der Waals surface area contributed by atoms with Crippen molar-refractivity contribution in [1.82, 2.24) is 5.32 Å². The zero-order valence-corrected chi connectivity index (χ0v) is 16.5. The normalized spacial score (nSPS) is 19.6. The van der Waals surface area contributed by atoms with Crippen LogP contribution in [-0.2, 0) is 11.5 Å². The Hall–Kier alpha value is -2.52. The van der Waals surface area contributed by atoms with Gasteiger partial charge in [-0.15, -0.1) is 0 Å². The summed E-state index contributed by atoms with van der Waals surface area (Å²) in [5.74, 6) is 1.27. The van der Waals surface area contributed by atoms with Crippen LogP contribution in [0.3, 0.4) is 0 Å². The molecule has 3 aromatic carbocycles. The molecule has 1 N–H and O–H groups in total. The smallest absolute Gasteiger partial charge is 0.179 e. The first-order chi connectivity index (χ1) is 13.7. The third kappa shape index (κ3) is 4.31. The van der Waals surface area contributed by atoms with Crippen LogP contribution in [0.4, 0.5) is 0 Å². The van der Waals surface area contributed by atoms with E-state index in [1.807, 2.05) is 6.07 Å². The second kappa shape index (κ2) is 8.66.